The number of amides is 3. The highest BCUT2D eigenvalue weighted by molar-refractivity contribution is 9.11. The molecule has 0 saturated carbocycles. The number of ether oxygens (including phenoxy) is 3. The number of rotatable bonds is 14. The van der Waals surface area contributed by atoms with E-state index in [1.165, 1.54) is 0 Å². The van der Waals surface area contributed by atoms with Crippen LogP contribution < -0.4 is 10.5 Å². The van der Waals surface area contributed by atoms with Crippen molar-refractivity contribution >= 4 is 110 Å². The molecular formula is C65H105Br4N9O8S2. The van der Waals surface area contributed by atoms with Gasteiger partial charge in [0, 0.05) is 48.5 Å². The average Bonchev–Trinajstić information content (AvgIpc) is 2.16. The van der Waals surface area contributed by atoms with Crippen LogP contribution in [0.4, 0.5) is 14.4 Å². The quantitative estimate of drug-likeness (QED) is 0.0877. The van der Waals surface area contributed by atoms with E-state index in [1.54, 1.807) is 6.21 Å². The highest BCUT2D eigenvalue weighted by atomic mass is 79.9. The van der Waals surface area contributed by atoms with Gasteiger partial charge in [-0.15, -0.1) is 0 Å². The summed E-state index contributed by atoms with van der Waals surface area (Å²) in [4.78, 5) is 56.2. The van der Waals surface area contributed by atoms with Gasteiger partial charge in [0.2, 0.25) is 0 Å². The highest BCUT2D eigenvalue weighted by Gasteiger charge is 2.45. The molecule has 4 unspecified atom stereocenters. The fourth-order valence-corrected chi connectivity index (χ4v) is 13.5. The molecule has 6 heterocycles. The smallest absolute Gasteiger partial charge is 0.410 e. The number of nitrogens with two attached hydrogens (primary N) is 1. The number of pyridine rings is 3. The maximum Gasteiger partial charge on any atom is 0.410 e. The molecule has 17 nitrogen and oxygen atoms in total. The van der Waals surface area contributed by atoms with Crippen molar-refractivity contribution < 1.29 is 37.0 Å². The van der Waals surface area contributed by atoms with Crippen molar-refractivity contribution in [3.63, 3.8) is 0 Å². The second-order valence-corrected chi connectivity index (χ2v) is 37.2. The number of aromatic nitrogens is 3. The Morgan fingerprint density at radius 2 is 0.909 bits per heavy atom. The number of hydrogen-bond acceptors (Lipinski definition) is 12. The number of likely N-dealkylation sites (tertiary alicyclic amines) is 3. The van der Waals surface area contributed by atoms with Gasteiger partial charge in [-0.3, -0.25) is 0 Å². The molecule has 3 aromatic heterocycles. The Labute approximate surface area is 567 Å². The summed E-state index contributed by atoms with van der Waals surface area (Å²) in [6.45, 7) is 43.3. The number of nitrogens with one attached hydrogen (secondary N) is 1. The van der Waals surface area contributed by atoms with Crippen molar-refractivity contribution in [1.29, 1.82) is 0 Å². The number of carbonyl (C=O) groups is 3. The Bertz CT molecular complexity index is 2810. The minimum absolute atomic E-state index is 0.0869. The fourth-order valence-electron chi connectivity index (χ4n) is 10.4. The van der Waals surface area contributed by atoms with Gasteiger partial charge < -0.3 is 34.6 Å². The van der Waals surface area contributed by atoms with Crippen LogP contribution in [-0.2, 0) is 36.2 Å². The highest BCUT2D eigenvalue weighted by Crippen LogP contribution is 2.40. The predicted octanol–water partition coefficient (Wildman–Crippen LogP) is 17.4. The lowest BCUT2D eigenvalue weighted by atomic mass is 9.91. The lowest BCUT2D eigenvalue weighted by molar-refractivity contribution is 0.0118. The fraction of sp³-hybridized carbons (Fsp3) is 0.708. The minimum atomic E-state index is -1.21. The zero-order valence-electron chi connectivity index (χ0n) is 56.4. The van der Waals surface area contributed by atoms with Gasteiger partial charge in [-0.25, -0.2) is 42.5 Å². The largest absolute Gasteiger partial charge is 0.444 e. The Hall–Kier alpha value is -2.93. The number of halogens is 4. The molecule has 3 saturated heterocycles. The molecule has 3 N–H and O–H groups in total. The van der Waals surface area contributed by atoms with E-state index in [4.69, 9.17) is 19.9 Å². The first-order chi connectivity index (χ1) is 40.1. The first-order valence-electron chi connectivity index (χ1n) is 30.5. The molecule has 0 aliphatic carbocycles. The molecule has 0 aromatic carbocycles. The van der Waals surface area contributed by atoms with Crippen LogP contribution in [0.2, 0.25) is 0 Å². The van der Waals surface area contributed by atoms with E-state index in [0.717, 1.165) is 94.1 Å². The van der Waals surface area contributed by atoms with E-state index < -0.39 is 38.8 Å². The minimum Gasteiger partial charge on any atom is -0.444 e. The van der Waals surface area contributed by atoms with E-state index in [1.807, 2.05) is 173 Å². The normalized spacial score (nSPS) is 20.5. The van der Waals surface area contributed by atoms with Crippen molar-refractivity contribution in [1.82, 2.24) is 34.4 Å². The monoisotopic (exact) mass is 1520 g/mol. The van der Waals surface area contributed by atoms with Gasteiger partial charge in [0.05, 0.1) is 37.9 Å². The molecule has 3 amide bonds. The summed E-state index contributed by atoms with van der Waals surface area (Å²) >= 11 is 13.3. The van der Waals surface area contributed by atoms with Crippen LogP contribution in [-0.4, -0.2) is 125 Å². The summed E-state index contributed by atoms with van der Waals surface area (Å²) in [5.74, 6) is 1.20. The molecular weight excluding hydrogens is 1420 g/mol. The maximum atomic E-state index is 12.8. The van der Waals surface area contributed by atoms with Gasteiger partial charge in [0.15, 0.2) is 0 Å². The molecule has 0 spiro atoms. The van der Waals surface area contributed by atoms with Gasteiger partial charge in [0.1, 0.15) is 46.2 Å². The summed E-state index contributed by atoms with van der Waals surface area (Å²) in [6, 6.07) is 17.1. The summed E-state index contributed by atoms with van der Waals surface area (Å²) in [5.41, 5.74) is 5.97. The lowest BCUT2D eigenvalue weighted by Gasteiger charge is -2.33. The maximum absolute atomic E-state index is 12.8. The van der Waals surface area contributed by atoms with Crippen LogP contribution in [0.25, 0.3) is 0 Å². The third-order valence-electron chi connectivity index (χ3n) is 14.6. The van der Waals surface area contributed by atoms with Gasteiger partial charge in [0.25, 0.3) is 0 Å². The topological polar surface area (TPSA) is 212 Å². The zero-order chi connectivity index (χ0) is 67.2. The van der Waals surface area contributed by atoms with Crippen molar-refractivity contribution in [3.8, 4) is 0 Å². The third kappa shape index (κ3) is 28.5. The van der Waals surface area contributed by atoms with Gasteiger partial charge >= 0.3 is 18.3 Å². The summed E-state index contributed by atoms with van der Waals surface area (Å²) in [6.07, 6.45) is 9.10. The first-order valence-corrected chi connectivity index (χ1v) is 35.9. The van der Waals surface area contributed by atoms with Crippen molar-refractivity contribution in [2.24, 2.45) is 27.9 Å². The Kier molecular flexibility index (Phi) is 30.0. The van der Waals surface area contributed by atoms with Gasteiger partial charge in [-0.1, -0.05) is 18.2 Å². The second-order valence-electron chi connectivity index (χ2n) is 30.0. The Morgan fingerprint density at radius 3 is 1.25 bits per heavy atom. The molecule has 3 aliphatic heterocycles. The molecule has 0 bridgehead atoms. The molecule has 88 heavy (non-hydrogen) atoms. The van der Waals surface area contributed by atoms with Gasteiger partial charge in [-0.05, 0) is 321 Å². The molecule has 23 heteroatoms. The molecule has 6 rings (SSSR count). The Morgan fingerprint density at radius 1 is 0.568 bits per heavy atom. The second kappa shape index (κ2) is 33.3. The molecule has 3 aromatic rings. The van der Waals surface area contributed by atoms with Crippen LogP contribution in [0.1, 0.15) is 227 Å². The van der Waals surface area contributed by atoms with Crippen LogP contribution in [0.5, 0.6) is 0 Å². The summed E-state index contributed by atoms with van der Waals surface area (Å²) < 4.78 is 51.4. The molecule has 7 atom stereocenters. The van der Waals surface area contributed by atoms with Crippen LogP contribution in [0, 0.1) is 17.8 Å². The zero-order valence-corrected chi connectivity index (χ0v) is 64.4. The van der Waals surface area contributed by atoms with Gasteiger partial charge in [-0.2, -0.15) is 4.40 Å². The summed E-state index contributed by atoms with van der Waals surface area (Å²) in [5, 5.41) is 0. The third-order valence-corrected chi connectivity index (χ3v) is 19.3. The average molecular weight is 1520 g/mol. The SMILES string of the molecule is Brc1cccc(Br)n1.CC(C)(C)OC(=O)N1C[C@@H](CCC(N)c2cccc(Br)n2)CC1(C)C.CC(C)(C)OC(=O)N1C[C@@H](CCC(NS(=O)C(C)(C)C)c2cccc(Br)n2)CC1(C)C.CC(C)(C)OC(=O)N1C[C@@H](CCC=NS(=O)C(C)(C)C)CC1(C)C. The molecule has 3 fully saturated rings. The first kappa shape index (κ1) is 79.3. The standard InChI is InChI=1S/C23H38BrN3O3S.C19H30BrN3O2.C18H34N2O3S.C5H3Br2N/c1-21(2,3)30-20(28)27-15-16(14-23(27,7)8)12-13-18(26-31(29)22(4,5)6)17-10-9-11-19(24)25-17;1-18(2,3)25-17(24)23-12-13(11-19(23,4)5)9-10-14(21)15-7-6-8-16(20)22-15;1-16(2,3)23-15(21)20-13-14(12-18(20,7)8)10-9-11-19-24(22)17(4,5)6;6-4-2-1-3-5(7)8-4/h9-11,16,18,26H,12-15H2,1-8H3;6-8,13-14H,9-12,21H2,1-5H3;11,14H,9-10,12-13H2,1-8H3;1-3H/t16-,18?,31?;13-,14?;14-,24?;/m000./s1. The molecule has 498 valence electrons. The van der Waals surface area contributed by atoms with Crippen LogP contribution in [0.15, 0.2) is 77.4 Å². The lowest BCUT2D eigenvalue weighted by Crippen LogP contribution is -2.45. The van der Waals surface area contributed by atoms with Crippen molar-refractivity contribution in [2.45, 2.75) is 258 Å². The van der Waals surface area contributed by atoms with Crippen LogP contribution in [0.3, 0.4) is 0 Å². The van der Waals surface area contributed by atoms with E-state index in [-0.39, 0.29) is 56.5 Å². The predicted molar refractivity (Wildman–Crippen MR) is 374 cm³/mol. The van der Waals surface area contributed by atoms with Crippen molar-refractivity contribution in [2.75, 3.05) is 19.6 Å². The summed E-state index contributed by atoms with van der Waals surface area (Å²) in [7, 11) is -2.40. The van der Waals surface area contributed by atoms with Crippen molar-refractivity contribution in [3.05, 3.63) is 84.4 Å². The Balaban J connectivity index is 0.000000326. The van der Waals surface area contributed by atoms with E-state index in [0.29, 0.717) is 30.8 Å². The molecule has 0 radical (unpaired) electrons. The van der Waals surface area contributed by atoms with E-state index in [2.05, 4.69) is 129 Å². The van der Waals surface area contributed by atoms with E-state index in [9.17, 15) is 22.8 Å². The number of nitrogens with zero attached hydrogens (tertiary/aromatic N) is 7. The number of hydrogen-bond donors (Lipinski definition) is 2. The molecule has 3 aliphatic rings. The van der Waals surface area contributed by atoms with E-state index >= 15 is 0 Å². The van der Waals surface area contributed by atoms with Crippen LogP contribution >= 0.6 is 63.7 Å². The number of carbonyl (C=O) groups excluding carboxylic acids is 3.